The van der Waals surface area contributed by atoms with Crippen molar-refractivity contribution in [1.82, 2.24) is 0 Å². The second-order valence-corrected chi connectivity index (χ2v) is 15.5. The van der Waals surface area contributed by atoms with Gasteiger partial charge >= 0.3 is 127 Å². The van der Waals surface area contributed by atoms with Crippen molar-refractivity contribution in [2.24, 2.45) is 0 Å². The summed E-state index contributed by atoms with van der Waals surface area (Å²) >= 11 is -1.39. The van der Waals surface area contributed by atoms with E-state index in [9.17, 15) is 0 Å². The van der Waals surface area contributed by atoms with Gasteiger partial charge in [0.05, 0.1) is 5.97 Å². The predicted molar refractivity (Wildman–Crippen MR) is 103 cm³/mol. The Hall–Kier alpha value is 0.299. The second kappa shape index (κ2) is 22.3. The van der Waals surface area contributed by atoms with Crippen LogP contribution in [0.3, 0.4) is 0 Å². The van der Waals surface area contributed by atoms with Crippen LogP contribution >= 0.6 is 8.92 Å². The molecular formula is C19H37ClO2Sn. The Bertz CT molecular complexity index is 244. The van der Waals surface area contributed by atoms with Crippen molar-refractivity contribution < 1.29 is 9.90 Å². The summed E-state index contributed by atoms with van der Waals surface area (Å²) < 4.78 is 2.87. The molecule has 0 rings (SSSR count). The molecule has 0 bridgehead atoms. The zero-order valence-electron chi connectivity index (χ0n) is 15.4. The van der Waals surface area contributed by atoms with E-state index >= 15 is 0 Å². The van der Waals surface area contributed by atoms with Crippen molar-refractivity contribution in [2.45, 2.75) is 99.8 Å². The van der Waals surface area contributed by atoms with Gasteiger partial charge < -0.3 is 9.90 Å². The van der Waals surface area contributed by atoms with Crippen molar-refractivity contribution in [3.63, 3.8) is 0 Å². The first-order chi connectivity index (χ1) is 11.1. The number of hydrogen-bond donors (Lipinski definition) is 0. The van der Waals surface area contributed by atoms with Gasteiger partial charge in [0.2, 0.25) is 0 Å². The fourth-order valence-electron chi connectivity index (χ4n) is 2.32. The fraction of sp³-hybridized carbons (Fsp3) is 0.842. The quantitative estimate of drug-likeness (QED) is 0.178. The van der Waals surface area contributed by atoms with Crippen LogP contribution in [0.2, 0.25) is 8.87 Å². The molecule has 0 fully saturated rings. The molecule has 0 aromatic heterocycles. The molecule has 2 nitrogen and oxygen atoms in total. The van der Waals surface area contributed by atoms with Crippen LogP contribution in [-0.4, -0.2) is 24.6 Å². The van der Waals surface area contributed by atoms with Gasteiger partial charge in [-0.05, 0) is 6.08 Å². The predicted octanol–water partition coefficient (Wildman–Crippen LogP) is 5.86. The molecule has 0 aromatic rings. The third kappa shape index (κ3) is 27.4. The first-order valence-electron chi connectivity index (χ1n) is 9.42. The molecule has 4 heteroatoms. The molecule has 136 valence electrons. The fourth-order valence-corrected chi connectivity index (χ4v) is 8.44. The van der Waals surface area contributed by atoms with Crippen LogP contribution < -0.4 is 5.11 Å². The summed E-state index contributed by atoms with van der Waals surface area (Å²) in [6, 6.07) is 0. The molecule has 0 N–H and O–H groups in total. The van der Waals surface area contributed by atoms with Gasteiger partial charge in [0.25, 0.3) is 0 Å². The SMILES string of the molecule is C=CC(=O)[O-].CCCCCCC[CH2][Sn+]([Cl])[CH2]CCCCCCC. The number of halogens is 1. The van der Waals surface area contributed by atoms with Gasteiger partial charge in [-0.3, -0.25) is 0 Å². The van der Waals surface area contributed by atoms with Gasteiger partial charge in [-0.2, -0.15) is 0 Å². The summed E-state index contributed by atoms with van der Waals surface area (Å²) in [6.45, 7) is 7.46. The summed E-state index contributed by atoms with van der Waals surface area (Å²) in [5.74, 6) is -1.23. The Kier molecular flexibility index (Phi) is 24.8. The van der Waals surface area contributed by atoms with E-state index in [1.54, 1.807) is 0 Å². The molecule has 0 unspecified atom stereocenters. The molecule has 0 aliphatic carbocycles. The molecule has 0 atom stereocenters. The maximum atomic E-state index is 9.14. The van der Waals surface area contributed by atoms with Gasteiger partial charge in [0.1, 0.15) is 0 Å². The molecular weight excluding hydrogens is 414 g/mol. The van der Waals surface area contributed by atoms with Crippen LogP contribution in [0.15, 0.2) is 12.7 Å². The standard InChI is InChI=1S/2C8H17.C3H4O2.ClH.Sn/c2*1-3-5-7-8-6-4-2;1-2-3(4)5;;/h2*1,3-8H2,2H3;2H,1H2,(H,4,5);1H;/q;;;;+2/p-2. The number of rotatable bonds is 15. The van der Waals surface area contributed by atoms with Crippen LogP contribution in [0, 0.1) is 0 Å². The van der Waals surface area contributed by atoms with Crippen LogP contribution in [0.5, 0.6) is 0 Å². The Balaban J connectivity index is 0. The average Bonchev–Trinajstić information content (AvgIpc) is 2.54. The molecule has 0 radical (unpaired) electrons. The number of aliphatic carboxylic acids is 1. The molecule has 0 spiro atoms. The summed E-state index contributed by atoms with van der Waals surface area (Å²) in [6.07, 6.45) is 17.8. The van der Waals surface area contributed by atoms with E-state index in [1.165, 1.54) is 85.9 Å². The summed E-state index contributed by atoms with van der Waals surface area (Å²) in [4.78, 5) is 9.14. The minimum absolute atomic E-state index is 0.722. The van der Waals surface area contributed by atoms with E-state index in [4.69, 9.17) is 18.8 Å². The van der Waals surface area contributed by atoms with Crippen molar-refractivity contribution in [1.29, 1.82) is 0 Å². The number of carbonyl (C=O) groups is 1. The van der Waals surface area contributed by atoms with Gasteiger partial charge in [0, 0.05) is 0 Å². The Morgan fingerprint density at radius 2 is 1.17 bits per heavy atom. The van der Waals surface area contributed by atoms with Gasteiger partial charge in [-0.1, -0.05) is 6.58 Å². The van der Waals surface area contributed by atoms with E-state index < -0.39 is 24.6 Å². The van der Waals surface area contributed by atoms with Gasteiger partial charge in [-0.25, -0.2) is 0 Å². The third-order valence-electron chi connectivity index (χ3n) is 3.77. The minimum atomic E-state index is -1.39. The van der Waals surface area contributed by atoms with Gasteiger partial charge in [0.15, 0.2) is 0 Å². The van der Waals surface area contributed by atoms with E-state index in [0.717, 1.165) is 6.08 Å². The Labute approximate surface area is 155 Å². The number of hydrogen-bond acceptors (Lipinski definition) is 2. The van der Waals surface area contributed by atoms with Crippen LogP contribution in [0.1, 0.15) is 90.9 Å². The molecule has 23 heavy (non-hydrogen) atoms. The van der Waals surface area contributed by atoms with Crippen LogP contribution in [-0.2, 0) is 4.79 Å². The van der Waals surface area contributed by atoms with Crippen molar-refractivity contribution in [3.8, 4) is 0 Å². The number of carboxylic acids is 1. The Morgan fingerprint density at radius 3 is 1.48 bits per heavy atom. The molecule has 0 aliphatic rings. The molecule has 0 heterocycles. The normalized spacial score (nSPS) is 9.87. The van der Waals surface area contributed by atoms with Crippen LogP contribution in [0.4, 0.5) is 0 Å². The van der Waals surface area contributed by atoms with Crippen molar-refractivity contribution in [2.75, 3.05) is 0 Å². The third-order valence-corrected chi connectivity index (χ3v) is 11.4. The van der Waals surface area contributed by atoms with Crippen LogP contribution in [0.25, 0.3) is 0 Å². The number of carbonyl (C=O) groups excluding carboxylic acids is 1. The first kappa shape index (κ1) is 25.5. The molecule has 0 aliphatic heterocycles. The maximum absolute atomic E-state index is 9.14. The van der Waals surface area contributed by atoms with E-state index in [0.29, 0.717) is 0 Å². The van der Waals surface area contributed by atoms with Crippen molar-refractivity contribution in [3.05, 3.63) is 12.7 Å². The van der Waals surface area contributed by atoms with E-state index in [1.807, 2.05) is 0 Å². The summed E-state index contributed by atoms with van der Waals surface area (Å²) in [5, 5.41) is 9.14. The topological polar surface area (TPSA) is 40.1 Å². The zero-order chi connectivity index (χ0) is 17.8. The molecule has 0 saturated carbocycles. The zero-order valence-corrected chi connectivity index (χ0v) is 19.0. The van der Waals surface area contributed by atoms with E-state index in [2.05, 4.69) is 20.4 Å². The first-order valence-corrected chi connectivity index (χ1v) is 17.1. The number of unbranched alkanes of at least 4 members (excludes halogenated alkanes) is 10. The number of carboxylic acid groups (broad SMARTS) is 1. The van der Waals surface area contributed by atoms with Crippen molar-refractivity contribution >= 4 is 33.5 Å². The Morgan fingerprint density at radius 1 is 0.870 bits per heavy atom. The van der Waals surface area contributed by atoms with Gasteiger partial charge in [-0.15, -0.1) is 0 Å². The second-order valence-electron chi connectivity index (χ2n) is 6.08. The molecule has 0 amide bonds. The molecule has 0 aromatic carbocycles. The average molecular weight is 452 g/mol. The molecule has 0 saturated heterocycles. The summed E-state index contributed by atoms with van der Waals surface area (Å²) in [5.41, 5.74) is 0. The van der Waals surface area contributed by atoms with E-state index in [-0.39, 0.29) is 0 Å². The summed E-state index contributed by atoms with van der Waals surface area (Å²) in [7, 11) is 6.56. The monoisotopic (exact) mass is 452 g/mol.